The Morgan fingerprint density at radius 1 is 0.880 bits per heavy atom. The van der Waals surface area contributed by atoms with Crippen molar-refractivity contribution in [2.45, 2.75) is 17.0 Å². The van der Waals surface area contributed by atoms with Crippen LogP contribution in [0.3, 0.4) is 0 Å². The van der Waals surface area contributed by atoms with Crippen molar-refractivity contribution in [3.05, 3.63) is 54.6 Å². The zero-order chi connectivity index (χ0) is 18.6. The quantitative estimate of drug-likeness (QED) is 0.559. The molecule has 2 aromatic rings. The second kappa shape index (κ2) is 7.43. The number of hydrogen-bond acceptors (Lipinski definition) is 5. The highest BCUT2D eigenvalue weighted by Crippen LogP contribution is 2.21. The molecule has 0 spiro atoms. The van der Waals surface area contributed by atoms with Gasteiger partial charge in [0.2, 0.25) is 10.0 Å². The molecule has 5 N–H and O–H groups in total. The Labute approximate surface area is 144 Å². The van der Waals surface area contributed by atoms with Gasteiger partial charge in [0.15, 0.2) is 0 Å². The number of nitrogens with one attached hydrogen (secondary N) is 1. The van der Waals surface area contributed by atoms with Gasteiger partial charge in [0.25, 0.3) is 0 Å². The molecule has 0 amide bonds. The Morgan fingerprint density at radius 3 is 1.88 bits per heavy atom. The van der Waals surface area contributed by atoms with Crippen LogP contribution >= 0.6 is 0 Å². The molecule has 0 bridgehead atoms. The molecule has 0 radical (unpaired) electrons. The van der Waals surface area contributed by atoms with E-state index in [0.717, 1.165) is 11.1 Å². The van der Waals surface area contributed by atoms with Crippen molar-refractivity contribution < 1.29 is 28.2 Å². The van der Waals surface area contributed by atoms with Crippen LogP contribution in [0, 0.1) is 0 Å². The molecule has 9 heteroatoms. The minimum atomic E-state index is -4.26. The number of hydrogen-bond donors (Lipinski definition) is 4. The van der Waals surface area contributed by atoms with E-state index in [0.29, 0.717) is 0 Å². The van der Waals surface area contributed by atoms with E-state index in [1.165, 1.54) is 12.1 Å². The fourth-order valence-electron chi connectivity index (χ4n) is 2.11. The summed E-state index contributed by atoms with van der Waals surface area (Å²) < 4.78 is 26.4. The Kier molecular flexibility index (Phi) is 5.52. The normalized spacial score (nSPS) is 13.8. The van der Waals surface area contributed by atoms with Crippen LogP contribution in [0.1, 0.15) is 0 Å². The predicted octanol–water partition coefficient (Wildman–Crippen LogP) is 0.497. The number of aliphatic carboxylic acids is 2. The zero-order valence-electron chi connectivity index (χ0n) is 12.9. The van der Waals surface area contributed by atoms with Crippen molar-refractivity contribution in [1.29, 1.82) is 0 Å². The third-order valence-corrected chi connectivity index (χ3v) is 4.92. The van der Waals surface area contributed by atoms with Crippen LogP contribution in [-0.2, 0) is 19.6 Å². The van der Waals surface area contributed by atoms with Crippen LogP contribution in [0.5, 0.6) is 0 Å². The molecule has 0 fully saturated rings. The summed E-state index contributed by atoms with van der Waals surface area (Å²) in [5.74, 6) is -3.31. The molecule has 2 atom stereocenters. The van der Waals surface area contributed by atoms with Crippen LogP contribution in [0.2, 0.25) is 0 Å². The topological polar surface area (TPSA) is 147 Å². The van der Waals surface area contributed by atoms with Crippen molar-refractivity contribution in [3.63, 3.8) is 0 Å². The number of rotatable bonds is 7. The monoisotopic (exact) mass is 364 g/mol. The summed E-state index contributed by atoms with van der Waals surface area (Å²) >= 11 is 0. The number of nitrogens with two attached hydrogens (primary N) is 1. The maximum atomic E-state index is 12.3. The lowest BCUT2D eigenvalue weighted by Crippen LogP contribution is -2.55. The van der Waals surface area contributed by atoms with Gasteiger partial charge < -0.3 is 15.9 Å². The van der Waals surface area contributed by atoms with E-state index in [-0.39, 0.29) is 4.90 Å². The van der Waals surface area contributed by atoms with Gasteiger partial charge in [-0.3, -0.25) is 9.59 Å². The Bertz CT molecular complexity index is 865. The van der Waals surface area contributed by atoms with Crippen LogP contribution in [-0.4, -0.2) is 42.7 Å². The molecular formula is C16H16N2O6S. The number of carboxylic acid groups (broad SMARTS) is 2. The predicted molar refractivity (Wildman–Crippen MR) is 89.2 cm³/mol. The van der Waals surface area contributed by atoms with Crippen LogP contribution < -0.4 is 10.5 Å². The highest BCUT2D eigenvalue weighted by Gasteiger charge is 2.34. The van der Waals surface area contributed by atoms with Gasteiger partial charge in [0, 0.05) is 0 Å². The summed E-state index contributed by atoms with van der Waals surface area (Å²) in [6.07, 6.45) is 0. The third-order valence-electron chi connectivity index (χ3n) is 3.46. The van der Waals surface area contributed by atoms with Gasteiger partial charge in [-0.1, -0.05) is 42.5 Å². The molecule has 0 saturated carbocycles. The molecule has 25 heavy (non-hydrogen) atoms. The van der Waals surface area contributed by atoms with Crippen LogP contribution in [0.25, 0.3) is 11.1 Å². The van der Waals surface area contributed by atoms with E-state index in [2.05, 4.69) is 0 Å². The first kappa shape index (κ1) is 18.6. The first-order chi connectivity index (χ1) is 11.7. The first-order valence-electron chi connectivity index (χ1n) is 7.11. The lowest BCUT2D eigenvalue weighted by Gasteiger charge is -2.18. The third kappa shape index (κ3) is 4.41. The standard InChI is InChI=1S/C16H16N2O6S/c17-13(15(19)20)14(16(21)22)18-25(23,24)12-8-6-11(7-9-12)10-4-2-1-3-5-10/h1-9,13-14,18H,17H2,(H,19,20)(H,21,22)/t13-,14?/m0/s1. The van der Waals surface area contributed by atoms with Gasteiger partial charge in [-0.15, -0.1) is 0 Å². The van der Waals surface area contributed by atoms with Gasteiger partial charge in [0.05, 0.1) is 4.90 Å². The number of carboxylic acids is 2. The van der Waals surface area contributed by atoms with Crippen molar-refractivity contribution >= 4 is 22.0 Å². The molecule has 0 aromatic heterocycles. The molecule has 1 unspecified atom stereocenters. The van der Waals surface area contributed by atoms with Gasteiger partial charge in [-0.2, -0.15) is 4.72 Å². The molecule has 2 rings (SSSR count). The lowest BCUT2D eigenvalue weighted by atomic mass is 10.1. The second-order valence-electron chi connectivity index (χ2n) is 5.19. The highest BCUT2D eigenvalue weighted by atomic mass is 32.2. The van der Waals surface area contributed by atoms with E-state index in [9.17, 15) is 18.0 Å². The Balaban J connectivity index is 2.27. The Morgan fingerprint density at radius 2 is 1.40 bits per heavy atom. The first-order valence-corrected chi connectivity index (χ1v) is 8.59. The molecule has 0 aliphatic carbocycles. The van der Waals surface area contributed by atoms with Gasteiger partial charge in [-0.25, -0.2) is 8.42 Å². The summed E-state index contributed by atoms with van der Waals surface area (Å²) in [4.78, 5) is 21.8. The molecule has 0 aliphatic heterocycles. The van der Waals surface area contributed by atoms with Gasteiger partial charge in [-0.05, 0) is 23.3 Å². The average Bonchev–Trinajstić information content (AvgIpc) is 2.59. The highest BCUT2D eigenvalue weighted by molar-refractivity contribution is 7.89. The number of sulfonamides is 1. The van der Waals surface area contributed by atoms with E-state index in [4.69, 9.17) is 15.9 Å². The van der Waals surface area contributed by atoms with Crippen molar-refractivity contribution in [3.8, 4) is 11.1 Å². The second-order valence-corrected chi connectivity index (χ2v) is 6.91. The molecule has 132 valence electrons. The smallest absolute Gasteiger partial charge is 0.323 e. The number of benzene rings is 2. The van der Waals surface area contributed by atoms with E-state index in [1.54, 1.807) is 12.1 Å². The average molecular weight is 364 g/mol. The van der Waals surface area contributed by atoms with Crippen molar-refractivity contribution in [2.75, 3.05) is 0 Å². The minimum absolute atomic E-state index is 0.198. The largest absolute Gasteiger partial charge is 0.480 e. The summed E-state index contributed by atoms with van der Waals surface area (Å²) in [5, 5.41) is 17.8. The van der Waals surface area contributed by atoms with Crippen LogP contribution in [0.4, 0.5) is 0 Å². The van der Waals surface area contributed by atoms with Crippen LogP contribution in [0.15, 0.2) is 59.5 Å². The summed E-state index contributed by atoms with van der Waals surface area (Å²) in [7, 11) is -4.26. The van der Waals surface area contributed by atoms with Crippen molar-refractivity contribution in [2.24, 2.45) is 5.73 Å². The summed E-state index contributed by atoms with van der Waals surface area (Å²) in [5.41, 5.74) is 6.90. The number of carbonyl (C=O) groups is 2. The Hall–Kier alpha value is -2.75. The fraction of sp³-hybridized carbons (Fsp3) is 0.125. The molecule has 0 heterocycles. The van der Waals surface area contributed by atoms with Gasteiger partial charge >= 0.3 is 11.9 Å². The van der Waals surface area contributed by atoms with Crippen molar-refractivity contribution in [1.82, 2.24) is 4.72 Å². The molecule has 0 saturated heterocycles. The molecule has 0 aliphatic rings. The lowest BCUT2D eigenvalue weighted by molar-refractivity contribution is -0.146. The van der Waals surface area contributed by atoms with E-state index >= 15 is 0 Å². The maximum Gasteiger partial charge on any atom is 0.323 e. The SMILES string of the molecule is N[C@H](C(=O)O)C(NS(=O)(=O)c1ccc(-c2ccccc2)cc1)C(=O)O. The molecule has 2 aromatic carbocycles. The fourth-order valence-corrected chi connectivity index (χ4v) is 3.32. The summed E-state index contributed by atoms with van der Waals surface area (Å²) in [6, 6.07) is 11.1. The molecular weight excluding hydrogens is 348 g/mol. The van der Waals surface area contributed by atoms with E-state index in [1.807, 2.05) is 35.1 Å². The summed E-state index contributed by atoms with van der Waals surface area (Å²) in [6.45, 7) is 0. The minimum Gasteiger partial charge on any atom is -0.480 e. The molecule has 8 nitrogen and oxygen atoms in total. The zero-order valence-corrected chi connectivity index (χ0v) is 13.7. The maximum absolute atomic E-state index is 12.3. The van der Waals surface area contributed by atoms with E-state index < -0.39 is 34.0 Å². The van der Waals surface area contributed by atoms with Gasteiger partial charge in [0.1, 0.15) is 12.1 Å².